The fourth-order valence-electron chi connectivity index (χ4n) is 9.77. The first-order valence-electron chi connectivity index (χ1n) is 17.8. The predicted octanol–water partition coefficient (Wildman–Crippen LogP) is 2.67. The van der Waals surface area contributed by atoms with Crippen LogP contribution in [0, 0.1) is 81.1 Å². The molecule has 0 aromatic carbocycles. The van der Waals surface area contributed by atoms with Gasteiger partial charge in [-0.3, -0.25) is 9.68 Å². The summed E-state index contributed by atoms with van der Waals surface area (Å²) in [5, 5.41) is 5.11. The van der Waals surface area contributed by atoms with Gasteiger partial charge in [-0.05, 0) is 66.2 Å². The van der Waals surface area contributed by atoms with Crippen LogP contribution in [0.4, 0.5) is 0 Å². The van der Waals surface area contributed by atoms with Crippen LogP contribution in [0.5, 0.6) is 0 Å². The number of morpholine rings is 2. The molecule has 10 nitrogen and oxygen atoms in total. The summed E-state index contributed by atoms with van der Waals surface area (Å²) < 4.78 is 22.4. The summed E-state index contributed by atoms with van der Waals surface area (Å²) >= 11 is 0. The monoisotopic (exact) mass is 1080 g/mol. The topological polar surface area (TPSA) is 85.9 Å². The van der Waals surface area contributed by atoms with Gasteiger partial charge in [0.2, 0.25) is 0 Å². The van der Waals surface area contributed by atoms with E-state index in [0.29, 0.717) is 48.8 Å². The minimum absolute atomic E-state index is 0. The molecule has 16 atom stereocenters. The number of hydroxylamine groups is 3. The molecule has 8 saturated heterocycles. The van der Waals surface area contributed by atoms with Crippen LogP contribution in [-0.2, 0) is 159 Å². The summed E-state index contributed by atoms with van der Waals surface area (Å²) in [6.07, 6.45) is 4.11. The molecule has 12 radical (unpaired) electrons. The number of likely N-dealkylation sites (tertiary alicyclic amines) is 1. The van der Waals surface area contributed by atoms with Crippen molar-refractivity contribution in [3.8, 4) is 0 Å². The van der Waals surface area contributed by atoms with E-state index in [1.165, 1.54) is 0 Å². The summed E-state index contributed by atoms with van der Waals surface area (Å²) in [4.78, 5) is 13.2. The van der Waals surface area contributed by atoms with Crippen molar-refractivity contribution in [2.75, 3.05) is 40.3 Å². The Hall–Kier alpha value is 4.28. The molecule has 308 valence electrons. The van der Waals surface area contributed by atoms with E-state index >= 15 is 0 Å². The number of fused-ring (bicyclic) bond motifs is 8. The van der Waals surface area contributed by atoms with Crippen molar-refractivity contribution in [3.05, 3.63) is 57.4 Å². The van der Waals surface area contributed by atoms with Gasteiger partial charge in [0, 0.05) is 187 Å². The first-order valence-corrected chi connectivity index (χ1v) is 17.8. The SMILES string of the molecule is [B][C@@H]1O[C@@]2([CH2-])CN(C)C1[C@H]2CC.[B][C@@H]1O[C@@]2([CH2-])CN(C)OC1[C@H]2CC.[B][C@@H]1O[C@@]2([CH2-])CNC1[C@H]2CC.[B][C@@H]1O[C@@]2([CH2-])CNOC1[C@H]2CC.[CH3-].[CH3-].[CH3-].[CH3-].[Y].[Y].[Y].[Y]. The first kappa shape index (κ1) is 66.9. The number of likely N-dealkylation sites (N-methyl/N-ethyl adjacent to an activating group) is 2. The van der Waals surface area contributed by atoms with E-state index in [-0.39, 0.29) is 219 Å². The molecule has 0 aliphatic carbocycles. The van der Waals surface area contributed by atoms with Crippen LogP contribution < -0.4 is 10.8 Å². The number of rotatable bonds is 4. The molecule has 18 heteroatoms. The zero-order valence-electron chi connectivity index (χ0n) is 36.4. The zero-order chi connectivity index (χ0) is 35.4. The van der Waals surface area contributed by atoms with Crippen LogP contribution in [0.2, 0.25) is 0 Å². The molecule has 8 rings (SSSR count). The smallest absolute Gasteiger partial charge is 0.112 e. The van der Waals surface area contributed by atoms with Gasteiger partial charge >= 0.3 is 0 Å². The molecule has 0 aromatic rings. The largest absolute Gasteiger partial charge is 0.410 e. The summed E-state index contributed by atoms with van der Waals surface area (Å²) in [7, 11) is 27.2. The summed E-state index contributed by atoms with van der Waals surface area (Å²) in [5.74, 6) is 1.64. The van der Waals surface area contributed by atoms with Gasteiger partial charge in [-0.15, -0.1) is 0 Å². The molecule has 0 spiro atoms. The van der Waals surface area contributed by atoms with Crippen LogP contribution in [0.1, 0.15) is 53.4 Å². The molecule has 0 saturated carbocycles. The fraction of sp³-hybridized carbons (Fsp3) is 0.789. The average molecular weight is 1080 g/mol. The van der Waals surface area contributed by atoms with Crippen LogP contribution in [-0.4, -0.2) is 152 Å². The molecule has 0 aromatic heterocycles. The van der Waals surface area contributed by atoms with Crippen LogP contribution >= 0.6 is 0 Å². The van der Waals surface area contributed by atoms with E-state index in [1.54, 1.807) is 5.06 Å². The number of ether oxygens (including phenoxy) is 4. The Morgan fingerprint density at radius 1 is 0.571 bits per heavy atom. The first-order chi connectivity index (χ1) is 22.5. The summed E-state index contributed by atoms with van der Waals surface area (Å²) in [6.45, 7) is 28.0. The maximum absolute atomic E-state index is 5.86. The van der Waals surface area contributed by atoms with Crippen molar-refractivity contribution in [1.29, 1.82) is 0 Å². The Balaban J connectivity index is -0.000000308. The van der Waals surface area contributed by atoms with Gasteiger partial charge in [-0.2, -0.15) is 5.06 Å². The Morgan fingerprint density at radius 3 is 1.36 bits per heavy atom. The van der Waals surface area contributed by atoms with E-state index in [9.17, 15) is 0 Å². The quantitative estimate of drug-likeness (QED) is 0.325. The van der Waals surface area contributed by atoms with Gasteiger partial charge in [-0.25, -0.2) is 5.48 Å². The number of nitrogens with zero attached hydrogens (tertiary/aromatic N) is 2. The number of hydrogen-bond acceptors (Lipinski definition) is 10. The van der Waals surface area contributed by atoms with Crippen molar-refractivity contribution < 1.29 is 159 Å². The van der Waals surface area contributed by atoms with Crippen molar-refractivity contribution in [2.45, 2.75) is 124 Å². The van der Waals surface area contributed by atoms with Gasteiger partial charge in [0.25, 0.3) is 0 Å². The normalized spacial score (nSPS) is 45.5. The average Bonchev–Trinajstić information content (AvgIpc) is 3.70. The minimum atomic E-state index is -0.378. The molecule has 4 unspecified atom stereocenters. The Bertz CT molecular complexity index is 1100. The van der Waals surface area contributed by atoms with Gasteiger partial charge in [-0.1, -0.05) is 53.4 Å². The van der Waals surface area contributed by atoms with Crippen LogP contribution in [0.25, 0.3) is 0 Å². The Morgan fingerprint density at radius 2 is 1.00 bits per heavy atom. The second-order valence-corrected chi connectivity index (χ2v) is 15.2. The molecule has 0 amide bonds. The molecular weight excluding hydrogens is 1010 g/mol. The van der Waals surface area contributed by atoms with Gasteiger partial charge < -0.3 is 86.6 Å². The number of hydrogen-bond donors (Lipinski definition) is 2. The Labute approximate surface area is 451 Å². The molecule has 8 aliphatic heterocycles. The summed E-state index contributed by atoms with van der Waals surface area (Å²) in [5.41, 5.74) is 1.60. The van der Waals surface area contributed by atoms with E-state index < -0.39 is 0 Å². The molecule has 8 aliphatic rings. The van der Waals surface area contributed by atoms with Crippen molar-refractivity contribution in [3.63, 3.8) is 0 Å². The molecule has 8 bridgehead atoms. The Kier molecular flexibility index (Phi) is 32.3. The third-order valence-corrected chi connectivity index (χ3v) is 12.0. The van der Waals surface area contributed by atoms with Crippen molar-refractivity contribution >= 4 is 31.4 Å². The molecule has 56 heavy (non-hydrogen) atoms. The number of nitrogens with one attached hydrogen (secondary N) is 2. The zero-order valence-corrected chi connectivity index (χ0v) is 47.7. The molecule has 8 heterocycles. The van der Waals surface area contributed by atoms with Crippen molar-refractivity contribution in [2.24, 2.45) is 23.7 Å². The van der Waals surface area contributed by atoms with Gasteiger partial charge in [0.1, 0.15) is 31.4 Å². The molecule has 2 N–H and O–H groups in total. The van der Waals surface area contributed by atoms with E-state index in [0.717, 1.165) is 38.8 Å². The third-order valence-electron chi connectivity index (χ3n) is 12.0. The maximum Gasteiger partial charge on any atom is 0.112 e. The van der Waals surface area contributed by atoms with E-state index in [2.05, 4.69) is 78.1 Å². The minimum Gasteiger partial charge on any atom is -0.410 e. The fourth-order valence-corrected chi connectivity index (χ4v) is 9.77. The summed E-state index contributed by atoms with van der Waals surface area (Å²) in [6, 6.07) is -0.225. The van der Waals surface area contributed by atoms with Crippen LogP contribution in [0.3, 0.4) is 0 Å². The van der Waals surface area contributed by atoms with Crippen molar-refractivity contribution in [1.82, 2.24) is 20.8 Å². The molecular formula is C38H68B4N4O6Y4-8. The van der Waals surface area contributed by atoms with Crippen LogP contribution in [0.15, 0.2) is 0 Å². The van der Waals surface area contributed by atoms with E-state index in [4.69, 9.17) is 60.0 Å². The maximum atomic E-state index is 5.86. The second kappa shape index (κ2) is 27.0. The van der Waals surface area contributed by atoms with Gasteiger partial charge in [0.05, 0.1) is 12.2 Å². The second-order valence-electron chi connectivity index (χ2n) is 15.2. The van der Waals surface area contributed by atoms with Gasteiger partial charge in [0.15, 0.2) is 0 Å². The molecule has 8 fully saturated rings. The third kappa shape index (κ3) is 13.4. The standard InChI is InChI=1S/C9H15BNO2.C9H15BNO.C8H13BNO2.C8H13BNO.4CH3.4Y/c1-4-6-7-8(10)12-9(6,2)5-11(3)13-7;1-4-6-7-8(10)12-9(6,2)5-11(7)3;1-3-5-6-7(9)11-8(5,2)4-10-12-6;1-3-5-6-7(9)11-8(5,2)4-10-6;;;;;;;;/h6-8H,2,4-5H2,1,3H3;6-8H,2,4-5H2,1,3H3;5-7,10H,2-4H2,1H3;5-7,10H,2-4H2,1H3;4*1H3;;;;/q8*-1;;;;/t2*6-,7?,8-,9+;2*5-,6?,7-,8+;;;;;;;;/m1111......../s1. The predicted molar refractivity (Wildman–Crippen MR) is 214 cm³/mol. The van der Waals surface area contributed by atoms with E-state index in [1.807, 2.05) is 7.05 Å².